The van der Waals surface area contributed by atoms with Crippen molar-refractivity contribution in [3.8, 4) is 5.69 Å². The van der Waals surface area contributed by atoms with E-state index in [2.05, 4.69) is 10.4 Å². The molecule has 0 saturated carbocycles. The molecule has 1 heterocycles. The molecule has 7 heteroatoms. The first-order valence-corrected chi connectivity index (χ1v) is 10.3. The highest BCUT2D eigenvalue weighted by Crippen LogP contribution is 2.19. The van der Waals surface area contributed by atoms with Gasteiger partial charge < -0.3 is 5.32 Å². The normalized spacial score (nSPS) is 11.4. The Morgan fingerprint density at radius 3 is 2.22 bits per heavy atom. The molecular weight excluding hydrogens is 362 g/mol. The number of sulfone groups is 1. The highest BCUT2D eigenvalue weighted by molar-refractivity contribution is 7.90. The summed E-state index contributed by atoms with van der Waals surface area (Å²) in [4.78, 5) is 12.7. The summed E-state index contributed by atoms with van der Waals surface area (Å²) in [5.41, 5.74) is 4.52. The quantitative estimate of drug-likeness (QED) is 0.748. The fraction of sp³-hybridized carbons (Fsp3) is 0.200. The lowest BCUT2D eigenvalue weighted by molar-refractivity contribution is 0.102. The lowest BCUT2D eigenvalue weighted by atomic mass is 10.1. The molecule has 0 radical (unpaired) electrons. The maximum atomic E-state index is 12.6. The molecule has 0 unspecified atom stereocenters. The number of rotatable bonds is 4. The summed E-state index contributed by atoms with van der Waals surface area (Å²) in [7, 11) is -3.38. The predicted octanol–water partition coefficient (Wildman–Crippen LogP) is 3.45. The summed E-state index contributed by atoms with van der Waals surface area (Å²) in [6.45, 7) is 5.69. The summed E-state index contributed by atoms with van der Waals surface area (Å²) >= 11 is 0. The van der Waals surface area contributed by atoms with Crippen LogP contribution in [0.15, 0.2) is 53.4 Å². The van der Waals surface area contributed by atoms with Crippen LogP contribution in [0.4, 0.5) is 5.69 Å². The van der Waals surface area contributed by atoms with Crippen molar-refractivity contribution in [1.82, 2.24) is 9.78 Å². The third-order valence-corrected chi connectivity index (χ3v) is 5.37. The molecule has 1 N–H and O–H groups in total. The van der Waals surface area contributed by atoms with Gasteiger partial charge in [-0.25, -0.2) is 13.1 Å². The van der Waals surface area contributed by atoms with Crippen molar-refractivity contribution in [3.05, 3.63) is 71.0 Å². The number of hydrogen-bond acceptors (Lipinski definition) is 4. The van der Waals surface area contributed by atoms with Gasteiger partial charge in [-0.3, -0.25) is 4.79 Å². The van der Waals surface area contributed by atoms with Gasteiger partial charge in [0.05, 0.1) is 16.3 Å². The number of carbonyl (C=O) groups is 1. The van der Waals surface area contributed by atoms with Crippen LogP contribution in [-0.2, 0) is 9.84 Å². The highest BCUT2D eigenvalue weighted by atomic mass is 32.2. The van der Waals surface area contributed by atoms with Gasteiger partial charge in [0.1, 0.15) is 0 Å². The fourth-order valence-corrected chi connectivity index (χ4v) is 3.50. The van der Waals surface area contributed by atoms with Gasteiger partial charge in [0.2, 0.25) is 0 Å². The Labute approximate surface area is 158 Å². The molecule has 2 aromatic carbocycles. The number of anilines is 1. The zero-order valence-electron chi connectivity index (χ0n) is 15.6. The molecule has 0 aliphatic heterocycles. The van der Waals surface area contributed by atoms with Crippen LogP contribution >= 0.6 is 0 Å². The molecule has 0 aliphatic carbocycles. The molecule has 1 aromatic heterocycles. The Bertz CT molecular complexity index is 1110. The van der Waals surface area contributed by atoms with Gasteiger partial charge in [-0.1, -0.05) is 6.07 Å². The Hall–Kier alpha value is -2.93. The Morgan fingerprint density at radius 2 is 1.67 bits per heavy atom. The average molecular weight is 383 g/mol. The SMILES string of the molecule is Cc1cc(C)n(-c2ccc(NC(=O)c3cc(S(C)(=O)=O)ccc3C)cc2)n1. The van der Waals surface area contributed by atoms with Gasteiger partial charge in [-0.15, -0.1) is 0 Å². The largest absolute Gasteiger partial charge is 0.322 e. The molecule has 0 saturated heterocycles. The topological polar surface area (TPSA) is 81.1 Å². The van der Waals surface area contributed by atoms with E-state index in [1.54, 1.807) is 25.1 Å². The van der Waals surface area contributed by atoms with Crippen molar-refractivity contribution < 1.29 is 13.2 Å². The highest BCUT2D eigenvalue weighted by Gasteiger charge is 2.15. The third-order valence-electron chi connectivity index (χ3n) is 4.26. The number of nitrogens with one attached hydrogen (secondary N) is 1. The molecule has 27 heavy (non-hydrogen) atoms. The van der Waals surface area contributed by atoms with Gasteiger partial charge in [-0.05, 0) is 68.8 Å². The molecule has 0 atom stereocenters. The minimum atomic E-state index is -3.38. The Morgan fingerprint density at radius 1 is 1.00 bits per heavy atom. The van der Waals surface area contributed by atoms with Gasteiger partial charge in [0.15, 0.2) is 9.84 Å². The third kappa shape index (κ3) is 4.09. The number of carbonyl (C=O) groups excluding carboxylic acids is 1. The standard InChI is InChI=1S/C20H21N3O3S/c1-13-5-10-18(27(4,25)26)12-19(13)20(24)21-16-6-8-17(9-7-16)23-15(3)11-14(2)22-23/h5-12H,1-4H3,(H,21,24). The molecule has 6 nitrogen and oxygen atoms in total. The Kier molecular flexibility index (Phi) is 4.89. The van der Waals surface area contributed by atoms with E-state index >= 15 is 0 Å². The second-order valence-electron chi connectivity index (χ2n) is 6.59. The average Bonchev–Trinajstić information content (AvgIpc) is 2.93. The van der Waals surface area contributed by atoms with Crippen molar-refractivity contribution in [2.45, 2.75) is 25.7 Å². The lowest BCUT2D eigenvalue weighted by Crippen LogP contribution is -2.14. The molecule has 0 fully saturated rings. The smallest absolute Gasteiger partial charge is 0.255 e. The second-order valence-corrected chi connectivity index (χ2v) is 8.60. The van der Waals surface area contributed by atoms with Crippen LogP contribution in [0.2, 0.25) is 0 Å². The van der Waals surface area contributed by atoms with Crippen molar-refractivity contribution in [2.24, 2.45) is 0 Å². The van der Waals surface area contributed by atoms with Crippen molar-refractivity contribution in [3.63, 3.8) is 0 Å². The van der Waals surface area contributed by atoms with Gasteiger partial charge in [-0.2, -0.15) is 5.10 Å². The van der Waals surface area contributed by atoms with Crippen LogP contribution in [0.1, 0.15) is 27.3 Å². The number of benzene rings is 2. The molecule has 3 aromatic rings. The van der Waals surface area contributed by atoms with E-state index in [1.165, 1.54) is 12.1 Å². The summed E-state index contributed by atoms with van der Waals surface area (Å²) in [6.07, 6.45) is 1.12. The van der Waals surface area contributed by atoms with Crippen molar-refractivity contribution >= 4 is 21.4 Å². The second kappa shape index (κ2) is 7.00. The van der Waals surface area contributed by atoms with Gasteiger partial charge >= 0.3 is 0 Å². The van der Waals surface area contributed by atoms with E-state index in [4.69, 9.17) is 0 Å². The summed E-state index contributed by atoms with van der Waals surface area (Å²) < 4.78 is 25.3. The minimum Gasteiger partial charge on any atom is -0.322 e. The van der Waals surface area contributed by atoms with Gasteiger partial charge in [0, 0.05) is 23.2 Å². The lowest BCUT2D eigenvalue weighted by Gasteiger charge is -2.10. The van der Waals surface area contributed by atoms with Crippen LogP contribution in [0, 0.1) is 20.8 Å². The summed E-state index contributed by atoms with van der Waals surface area (Å²) in [5.74, 6) is -0.350. The van der Waals surface area contributed by atoms with Crippen molar-refractivity contribution in [1.29, 1.82) is 0 Å². The van der Waals surface area contributed by atoms with E-state index in [0.29, 0.717) is 16.8 Å². The van der Waals surface area contributed by atoms with E-state index in [-0.39, 0.29) is 10.8 Å². The number of nitrogens with zero attached hydrogens (tertiary/aromatic N) is 2. The summed E-state index contributed by atoms with van der Waals surface area (Å²) in [6, 6.07) is 13.9. The molecular formula is C20H21N3O3S. The van der Waals surface area contributed by atoms with E-state index < -0.39 is 9.84 Å². The number of hydrogen-bond donors (Lipinski definition) is 1. The number of amides is 1. The summed E-state index contributed by atoms with van der Waals surface area (Å²) in [5, 5.41) is 7.25. The zero-order chi connectivity index (χ0) is 19.8. The molecule has 1 amide bonds. The zero-order valence-corrected chi connectivity index (χ0v) is 16.5. The monoisotopic (exact) mass is 383 g/mol. The Balaban J connectivity index is 1.84. The maximum Gasteiger partial charge on any atom is 0.255 e. The van der Waals surface area contributed by atoms with Crippen LogP contribution in [0.3, 0.4) is 0 Å². The van der Waals surface area contributed by atoms with E-state index in [9.17, 15) is 13.2 Å². The molecule has 0 spiro atoms. The fourth-order valence-electron chi connectivity index (χ4n) is 2.85. The van der Waals surface area contributed by atoms with E-state index in [0.717, 1.165) is 23.3 Å². The molecule has 140 valence electrons. The van der Waals surface area contributed by atoms with Crippen LogP contribution < -0.4 is 5.32 Å². The van der Waals surface area contributed by atoms with Crippen LogP contribution in [0.5, 0.6) is 0 Å². The predicted molar refractivity (Wildman–Crippen MR) is 105 cm³/mol. The maximum absolute atomic E-state index is 12.6. The van der Waals surface area contributed by atoms with E-state index in [1.807, 2.05) is 36.7 Å². The van der Waals surface area contributed by atoms with Crippen LogP contribution in [0.25, 0.3) is 5.69 Å². The minimum absolute atomic E-state index is 0.123. The van der Waals surface area contributed by atoms with Crippen LogP contribution in [-0.4, -0.2) is 30.4 Å². The van der Waals surface area contributed by atoms with Crippen molar-refractivity contribution in [2.75, 3.05) is 11.6 Å². The molecule has 0 bridgehead atoms. The number of aryl methyl sites for hydroxylation is 3. The first kappa shape index (κ1) is 18.8. The molecule has 0 aliphatic rings. The first-order valence-electron chi connectivity index (χ1n) is 8.41. The molecule has 3 rings (SSSR count). The van der Waals surface area contributed by atoms with Gasteiger partial charge in [0.25, 0.3) is 5.91 Å². The first-order chi connectivity index (χ1) is 12.6. The number of aromatic nitrogens is 2.